The van der Waals surface area contributed by atoms with Gasteiger partial charge in [-0.1, -0.05) is 6.07 Å². The van der Waals surface area contributed by atoms with Gasteiger partial charge >= 0.3 is 0 Å². The van der Waals surface area contributed by atoms with E-state index in [9.17, 15) is 0 Å². The van der Waals surface area contributed by atoms with E-state index in [4.69, 9.17) is 11.6 Å². The molecule has 1 unspecified atom stereocenters. The van der Waals surface area contributed by atoms with E-state index >= 15 is 0 Å². The minimum atomic E-state index is -0.129. The van der Waals surface area contributed by atoms with Gasteiger partial charge in [-0.3, -0.25) is 4.68 Å². The van der Waals surface area contributed by atoms with Gasteiger partial charge in [0.25, 0.3) is 0 Å². The van der Waals surface area contributed by atoms with Crippen LogP contribution < -0.4 is 0 Å². The minimum absolute atomic E-state index is 0.129. The lowest BCUT2D eigenvalue weighted by Gasteiger charge is -2.11. The first-order chi connectivity index (χ1) is 9.56. The van der Waals surface area contributed by atoms with Gasteiger partial charge in [-0.2, -0.15) is 5.10 Å². The van der Waals surface area contributed by atoms with Crippen LogP contribution in [0.3, 0.4) is 0 Å². The molecule has 2 aromatic heterocycles. The minimum Gasteiger partial charge on any atom is -0.321 e. The van der Waals surface area contributed by atoms with Crippen LogP contribution in [0.25, 0.3) is 11.0 Å². The Hall–Kier alpha value is -1.81. The first-order valence-electron chi connectivity index (χ1n) is 6.64. The fourth-order valence-electron chi connectivity index (χ4n) is 2.44. The highest BCUT2D eigenvalue weighted by atomic mass is 35.5. The van der Waals surface area contributed by atoms with Gasteiger partial charge in [0, 0.05) is 13.2 Å². The Morgan fingerprint density at radius 2 is 2.10 bits per heavy atom. The highest BCUT2D eigenvalue weighted by Gasteiger charge is 2.16. The van der Waals surface area contributed by atoms with Crippen molar-refractivity contribution in [3.63, 3.8) is 0 Å². The van der Waals surface area contributed by atoms with Crippen molar-refractivity contribution < 1.29 is 0 Å². The Morgan fingerprint density at radius 1 is 1.30 bits per heavy atom. The lowest BCUT2D eigenvalue weighted by Crippen LogP contribution is -2.09. The standard InChI is InChI=1S/C15H17ClN4/c1-10-4-5-13-14(8-10)20(15(18-13)11(2)16)9-12-6-7-17-19(12)3/h4-8,11H,9H2,1-3H3. The molecular weight excluding hydrogens is 272 g/mol. The van der Waals surface area contributed by atoms with E-state index in [-0.39, 0.29) is 5.38 Å². The molecule has 0 saturated carbocycles. The summed E-state index contributed by atoms with van der Waals surface area (Å²) in [5.41, 5.74) is 4.45. The molecule has 0 spiro atoms. The highest BCUT2D eigenvalue weighted by Crippen LogP contribution is 2.26. The maximum atomic E-state index is 6.29. The molecule has 104 valence electrons. The summed E-state index contributed by atoms with van der Waals surface area (Å²) in [5.74, 6) is 0.897. The SMILES string of the molecule is Cc1ccc2nc(C(C)Cl)n(Cc3ccnn3C)c2c1. The highest BCUT2D eigenvalue weighted by molar-refractivity contribution is 6.20. The summed E-state index contributed by atoms with van der Waals surface area (Å²) in [7, 11) is 1.95. The molecule has 0 aliphatic carbocycles. The normalized spacial score (nSPS) is 13.0. The number of imidazole rings is 1. The van der Waals surface area contributed by atoms with E-state index in [2.05, 4.69) is 33.7 Å². The number of hydrogen-bond donors (Lipinski definition) is 0. The molecule has 1 aromatic carbocycles. The van der Waals surface area contributed by atoms with Crippen LogP contribution >= 0.6 is 11.6 Å². The summed E-state index contributed by atoms with van der Waals surface area (Å²) in [4.78, 5) is 4.66. The van der Waals surface area contributed by atoms with Crippen molar-refractivity contribution in [1.82, 2.24) is 19.3 Å². The van der Waals surface area contributed by atoms with Crippen molar-refractivity contribution >= 4 is 22.6 Å². The zero-order valence-electron chi connectivity index (χ0n) is 11.8. The number of alkyl halides is 1. The third-order valence-electron chi connectivity index (χ3n) is 3.53. The predicted octanol–water partition coefficient (Wildman–Crippen LogP) is 3.43. The van der Waals surface area contributed by atoms with Crippen molar-refractivity contribution in [1.29, 1.82) is 0 Å². The van der Waals surface area contributed by atoms with Crippen molar-refractivity contribution in [3.05, 3.63) is 47.5 Å². The second-order valence-corrected chi connectivity index (χ2v) is 5.77. The summed E-state index contributed by atoms with van der Waals surface area (Å²) >= 11 is 6.29. The molecule has 0 N–H and O–H groups in total. The molecule has 20 heavy (non-hydrogen) atoms. The van der Waals surface area contributed by atoms with Crippen molar-refractivity contribution in [3.8, 4) is 0 Å². The first-order valence-corrected chi connectivity index (χ1v) is 7.07. The van der Waals surface area contributed by atoms with E-state index in [1.54, 1.807) is 0 Å². The Bertz CT molecular complexity index is 754. The molecule has 1 atom stereocenters. The van der Waals surface area contributed by atoms with Gasteiger partial charge in [0.15, 0.2) is 0 Å². The van der Waals surface area contributed by atoms with Crippen LogP contribution in [-0.2, 0) is 13.6 Å². The van der Waals surface area contributed by atoms with E-state index in [1.807, 2.05) is 37.0 Å². The molecule has 0 aliphatic rings. The maximum absolute atomic E-state index is 6.29. The molecule has 0 aliphatic heterocycles. The van der Waals surface area contributed by atoms with Gasteiger partial charge in [0.2, 0.25) is 0 Å². The summed E-state index contributed by atoms with van der Waals surface area (Å²) in [5, 5.41) is 4.09. The Balaban J connectivity index is 2.18. The molecule has 0 saturated heterocycles. The summed E-state index contributed by atoms with van der Waals surface area (Å²) < 4.78 is 4.06. The molecule has 2 heterocycles. The van der Waals surface area contributed by atoms with E-state index < -0.39 is 0 Å². The topological polar surface area (TPSA) is 35.6 Å². The zero-order chi connectivity index (χ0) is 14.3. The second-order valence-electron chi connectivity index (χ2n) is 5.11. The predicted molar refractivity (Wildman–Crippen MR) is 81.0 cm³/mol. The summed E-state index contributed by atoms with van der Waals surface area (Å²) in [6.07, 6.45) is 1.81. The molecule has 0 bridgehead atoms. The van der Waals surface area contributed by atoms with Gasteiger partial charge in [0.05, 0.1) is 28.6 Å². The number of halogens is 1. The Kier molecular flexibility index (Phi) is 3.26. The van der Waals surface area contributed by atoms with Gasteiger partial charge in [-0.05, 0) is 37.6 Å². The smallest absolute Gasteiger partial charge is 0.128 e. The zero-order valence-corrected chi connectivity index (χ0v) is 12.6. The average Bonchev–Trinajstić information content (AvgIpc) is 2.95. The van der Waals surface area contributed by atoms with Crippen molar-refractivity contribution in [2.24, 2.45) is 7.05 Å². The third kappa shape index (κ3) is 2.20. The van der Waals surface area contributed by atoms with E-state index in [1.165, 1.54) is 5.56 Å². The van der Waals surface area contributed by atoms with E-state index in [0.717, 1.165) is 29.1 Å². The number of benzene rings is 1. The molecule has 0 amide bonds. The molecule has 0 radical (unpaired) electrons. The van der Waals surface area contributed by atoms with Gasteiger partial charge < -0.3 is 4.57 Å². The number of fused-ring (bicyclic) bond motifs is 1. The number of hydrogen-bond acceptors (Lipinski definition) is 2. The summed E-state index contributed by atoms with van der Waals surface area (Å²) in [6, 6.07) is 8.30. The Morgan fingerprint density at radius 3 is 2.75 bits per heavy atom. The van der Waals surface area contributed by atoms with Crippen LogP contribution in [-0.4, -0.2) is 19.3 Å². The number of rotatable bonds is 3. The first kappa shape index (κ1) is 13.2. The van der Waals surface area contributed by atoms with E-state index in [0.29, 0.717) is 0 Å². The quantitative estimate of drug-likeness (QED) is 0.692. The number of aromatic nitrogens is 4. The van der Waals surface area contributed by atoms with Crippen LogP contribution in [0, 0.1) is 6.92 Å². The van der Waals surface area contributed by atoms with Crippen LogP contribution in [0.2, 0.25) is 0 Å². The molecule has 3 aromatic rings. The van der Waals surface area contributed by atoms with Crippen LogP contribution in [0.15, 0.2) is 30.5 Å². The van der Waals surface area contributed by atoms with Crippen molar-refractivity contribution in [2.75, 3.05) is 0 Å². The maximum Gasteiger partial charge on any atom is 0.128 e. The van der Waals surface area contributed by atoms with Gasteiger partial charge in [-0.25, -0.2) is 4.98 Å². The lowest BCUT2D eigenvalue weighted by atomic mass is 10.2. The van der Waals surface area contributed by atoms with Crippen LogP contribution in [0.1, 0.15) is 29.4 Å². The molecule has 5 heteroatoms. The number of nitrogens with zero attached hydrogens (tertiary/aromatic N) is 4. The van der Waals surface area contributed by atoms with Crippen LogP contribution in [0.4, 0.5) is 0 Å². The lowest BCUT2D eigenvalue weighted by molar-refractivity contribution is 0.654. The second kappa shape index (κ2) is 4.94. The average molecular weight is 289 g/mol. The third-order valence-corrected chi connectivity index (χ3v) is 3.73. The Labute approximate surface area is 123 Å². The van der Waals surface area contributed by atoms with Crippen LogP contribution in [0.5, 0.6) is 0 Å². The molecule has 4 nitrogen and oxygen atoms in total. The monoisotopic (exact) mass is 288 g/mol. The molecular formula is C15H17ClN4. The fraction of sp³-hybridized carbons (Fsp3) is 0.333. The fourth-order valence-corrected chi connectivity index (χ4v) is 2.61. The number of aryl methyl sites for hydroxylation is 2. The summed E-state index contributed by atoms with van der Waals surface area (Å²) in [6.45, 7) is 4.77. The largest absolute Gasteiger partial charge is 0.321 e. The molecule has 3 rings (SSSR count). The van der Waals surface area contributed by atoms with Crippen molar-refractivity contribution in [2.45, 2.75) is 25.8 Å². The molecule has 0 fully saturated rings. The van der Waals surface area contributed by atoms with Gasteiger partial charge in [0.1, 0.15) is 5.82 Å². The van der Waals surface area contributed by atoms with Gasteiger partial charge in [-0.15, -0.1) is 11.6 Å².